The van der Waals surface area contributed by atoms with E-state index in [9.17, 15) is 9.59 Å². The van der Waals surface area contributed by atoms with E-state index in [1.807, 2.05) is 60.7 Å². The highest BCUT2D eigenvalue weighted by Crippen LogP contribution is 2.27. The number of carbonyl (C=O) groups excluding carboxylic acids is 2. The van der Waals surface area contributed by atoms with Crippen LogP contribution in [0.15, 0.2) is 60.7 Å². The van der Waals surface area contributed by atoms with E-state index < -0.39 is 17.2 Å². The Morgan fingerprint density at radius 1 is 0.741 bits per heavy atom. The Hall–Kier alpha value is -2.70. The van der Waals surface area contributed by atoms with E-state index in [4.69, 9.17) is 9.68 Å². The second kappa shape index (κ2) is 10.4. The van der Waals surface area contributed by atoms with Gasteiger partial charge in [-0.3, -0.25) is 19.3 Å². The minimum atomic E-state index is -1.26. The number of amides is 2. The SMILES string of the molecule is CCC(CC)(C(=O)NOCc1ccccc1)C(=O)NOCc1ccccc1. The molecule has 6 nitrogen and oxygen atoms in total. The van der Waals surface area contributed by atoms with Crippen molar-refractivity contribution in [3.8, 4) is 0 Å². The molecule has 0 fully saturated rings. The van der Waals surface area contributed by atoms with E-state index in [0.29, 0.717) is 12.8 Å². The van der Waals surface area contributed by atoms with Crippen molar-refractivity contribution in [2.45, 2.75) is 39.9 Å². The fourth-order valence-corrected chi connectivity index (χ4v) is 2.71. The fourth-order valence-electron chi connectivity index (χ4n) is 2.71. The van der Waals surface area contributed by atoms with E-state index >= 15 is 0 Å². The lowest BCUT2D eigenvalue weighted by Gasteiger charge is -2.28. The van der Waals surface area contributed by atoms with Gasteiger partial charge in [-0.1, -0.05) is 74.5 Å². The van der Waals surface area contributed by atoms with Crippen LogP contribution in [0.4, 0.5) is 0 Å². The van der Waals surface area contributed by atoms with Crippen molar-refractivity contribution < 1.29 is 19.3 Å². The lowest BCUT2D eigenvalue weighted by molar-refractivity contribution is -0.160. The predicted molar refractivity (Wildman–Crippen MR) is 102 cm³/mol. The summed E-state index contributed by atoms with van der Waals surface area (Å²) in [7, 11) is 0. The molecular weight excluding hydrogens is 344 g/mol. The number of hydroxylamine groups is 2. The summed E-state index contributed by atoms with van der Waals surface area (Å²) in [6.07, 6.45) is 0.648. The maximum atomic E-state index is 12.6. The molecule has 0 atom stereocenters. The largest absolute Gasteiger partial charge is 0.272 e. The zero-order valence-electron chi connectivity index (χ0n) is 15.7. The van der Waals surface area contributed by atoms with Crippen LogP contribution in [0.1, 0.15) is 37.8 Å². The number of benzene rings is 2. The van der Waals surface area contributed by atoms with Crippen molar-refractivity contribution in [2.75, 3.05) is 0 Å². The lowest BCUT2D eigenvalue weighted by Crippen LogP contribution is -2.50. The summed E-state index contributed by atoms with van der Waals surface area (Å²) in [5, 5.41) is 0. The molecule has 2 rings (SSSR count). The van der Waals surface area contributed by atoms with E-state index in [1.54, 1.807) is 13.8 Å². The van der Waals surface area contributed by atoms with Crippen molar-refractivity contribution in [3.63, 3.8) is 0 Å². The average Bonchev–Trinajstić information content (AvgIpc) is 2.71. The molecule has 0 saturated heterocycles. The molecule has 2 amide bonds. The second-order valence-electron chi connectivity index (χ2n) is 6.20. The van der Waals surface area contributed by atoms with Crippen molar-refractivity contribution >= 4 is 11.8 Å². The molecule has 0 aliphatic heterocycles. The highest BCUT2D eigenvalue weighted by Gasteiger charge is 2.43. The second-order valence-corrected chi connectivity index (χ2v) is 6.20. The van der Waals surface area contributed by atoms with E-state index in [-0.39, 0.29) is 13.2 Å². The normalized spacial score (nSPS) is 11.0. The van der Waals surface area contributed by atoms with Crippen LogP contribution in [0, 0.1) is 5.41 Å². The molecule has 0 spiro atoms. The van der Waals surface area contributed by atoms with Gasteiger partial charge in [-0.15, -0.1) is 0 Å². The number of hydrogen-bond acceptors (Lipinski definition) is 4. The molecule has 27 heavy (non-hydrogen) atoms. The topological polar surface area (TPSA) is 76.7 Å². The van der Waals surface area contributed by atoms with Crippen molar-refractivity contribution in [2.24, 2.45) is 5.41 Å². The van der Waals surface area contributed by atoms with Gasteiger partial charge in [0.25, 0.3) is 11.8 Å². The van der Waals surface area contributed by atoms with Gasteiger partial charge in [0.2, 0.25) is 0 Å². The molecular formula is C21H26N2O4. The van der Waals surface area contributed by atoms with Crippen LogP contribution in [0.3, 0.4) is 0 Å². The van der Waals surface area contributed by atoms with E-state index in [2.05, 4.69) is 11.0 Å². The van der Waals surface area contributed by atoms with Gasteiger partial charge in [0.05, 0.1) is 13.2 Å². The first-order valence-corrected chi connectivity index (χ1v) is 9.04. The Bertz CT molecular complexity index is 656. The molecule has 0 radical (unpaired) electrons. The standard InChI is InChI=1S/C21H26N2O4/c1-3-21(4-2,19(24)22-26-15-17-11-7-5-8-12-17)20(25)23-27-16-18-13-9-6-10-14-18/h5-14H,3-4,15-16H2,1-2H3,(H,22,24)(H,23,25). The molecule has 0 heterocycles. The van der Waals surface area contributed by atoms with Crippen LogP contribution >= 0.6 is 0 Å². The minimum Gasteiger partial charge on any atom is -0.272 e. The summed E-state index contributed by atoms with van der Waals surface area (Å²) < 4.78 is 0. The summed E-state index contributed by atoms with van der Waals surface area (Å²) in [6, 6.07) is 18.9. The van der Waals surface area contributed by atoms with Gasteiger partial charge in [0.1, 0.15) is 5.41 Å². The smallest absolute Gasteiger partial charge is 0.259 e. The Balaban J connectivity index is 1.89. The number of carbonyl (C=O) groups is 2. The Labute approximate surface area is 159 Å². The van der Waals surface area contributed by atoms with Crippen molar-refractivity contribution in [1.82, 2.24) is 11.0 Å². The highest BCUT2D eigenvalue weighted by atomic mass is 16.7. The van der Waals surface area contributed by atoms with Gasteiger partial charge in [0, 0.05) is 0 Å². The molecule has 2 aromatic carbocycles. The minimum absolute atomic E-state index is 0.224. The molecule has 144 valence electrons. The first kappa shape index (κ1) is 20.6. The summed E-state index contributed by atoms with van der Waals surface area (Å²) in [5.41, 5.74) is 5.41. The molecule has 0 unspecified atom stereocenters. The summed E-state index contributed by atoms with van der Waals surface area (Å²) in [6.45, 7) is 4.03. The fraction of sp³-hybridized carbons (Fsp3) is 0.333. The van der Waals surface area contributed by atoms with Gasteiger partial charge in [0.15, 0.2) is 0 Å². The predicted octanol–water partition coefficient (Wildman–Crippen LogP) is 3.29. The van der Waals surface area contributed by atoms with E-state index in [0.717, 1.165) is 11.1 Å². The summed E-state index contributed by atoms with van der Waals surface area (Å²) in [5.74, 6) is -0.964. The monoisotopic (exact) mass is 370 g/mol. The molecule has 0 aromatic heterocycles. The third kappa shape index (κ3) is 5.64. The number of hydrogen-bond donors (Lipinski definition) is 2. The van der Waals surface area contributed by atoms with E-state index in [1.165, 1.54) is 0 Å². The van der Waals surface area contributed by atoms with Gasteiger partial charge in [-0.2, -0.15) is 0 Å². The summed E-state index contributed by atoms with van der Waals surface area (Å²) >= 11 is 0. The molecule has 2 N–H and O–H groups in total. The lowest BCUT2D eigenvalue weighted by atomic mass is 9.81. The molecule has 0 bridgehead atoms. The number of rotatable bonds is 10. The van der Waals surface area contributed by atoms with Crippen LogP contribution < -0.4 is 11.0 Å². The zero-order chi connectivity index (χ0) is 19.5. The van der Waals surface area contributed by atoms with Gasteiger partial charge in [-0.05, 0) is 24.0 Å². The highest BCUT2D eigenvalue weighted by molar-refractivity contribution is 6.04. The van der Waals surface area contributed by atoms with Crippen LogP contribution in [0.25, 0.3) is 0 Å². The van der Waals surface area contributed by atoms with Crippen molar-refractivity contribution in [3.05, 3.63) is 71.8 Å². The summed E-state index contributed by atoms with van der Waals surface area (Å²) in [4.78, 5) is 35.9. The quantitative estimate of drug-likeness (QED) is 0.497. The Kier molecular flexibility index (Phi) is 7.98. The van der Waals surface area contributed by atoms with Crippen LogP contribution in [0.2, 0.25) is 0 Å². The Morgan fingerprint density at radius 3 is 1.44 bits per heavy atom. The molecule has 0 saturated carbocycles. The first-order valence-electron chi connectivity index (χ1n) is 9.04. The van der Waals surface area contributed by atoms with Crippen LogP contribution in [-0.4, -0.2) is 11.8 Å². The maximum Gasteiger partial charge on any atom is 0.259 e. The molecule has 6 heteroatoms. The molecule has 0 aliphatic rings. The third-order valence-electron chi connectivity index (χ3n) is 4.57. The zero-order valence-corrected chi connectivity index (χ0v) is 15.7. The molecule has 2 aromatic rings. The van der Waals surface area contributed by atoms with Crippen LogP contribution in [0.5, 0.6) is 0 Å². The molecule has 0 aliphatic carbocycles. The maximum absolute atomic E-state index is 12.6. The van der Waals surface area contributed by atoms with Crippen molar-refractivity contribution in [1.29, 1.82) is 0 Å². The van der Waals surface area contributed by atoms with Gasteiger partial charge < -0.3 is 0 Å². The average molecular weight is 370 g/mol. The first-order chi connectivity index (χ1) is 13.1. The Morgan fingerprint density at radius 2 is 1.11 bits per heavy atom. The van der Waals surface area contributed by atoms with Gasteiger partial charge >= 0.3 is 0 Å². The van der Waals surface area contributed by atoms with Crippen LogP contribution in [-0.2, 0) is 32.5 Å². The third-order valence-corrected chi connectivity index (χ3v) is 4.57. The number of nitrogens with one attached hydrogen (secondary N) is 2. The van der Waals surface area contributed by atoms with Gasteiger partial charge in [-0.25, -0.2) is 11.0 Å².